The first-order valence-corrected chi connectivity index (χ1v) is 12.7. The third kappa shape index (κ3) is 7.78. The van der Waals surface area contributed by atoms with Crippen molar-refractivity contribution in [3.8, 4) is 0 Å². The fourth-order valence-corrected chi connectivity index (χ4v) is 4.35. The van der Waals surface area contributed by atoms with Gasteiger partial charge in [-0.2, -0.15) is 0 Å². The molecular weight excluding hydrogens is 432 g/mol. The highest BCUT2D eigenvalue weighted by Crippen LogP contribution is 2.34. The Labute approximate surface area is 212 Å². The number of nitrogens with one attached hydrogen (secondary N) is 1. The van der Waals surface area contributed by atoms with Gasteiger partial charge in [0.05, 0.1) is 5.69 Å². The Hall–Kier alpha value is -2.95. The monoisotopic (exact) mass is 476 g/mol. The number of rotatable bonds is 5. The molecule has 5 heteroatoms. The molecule has 2 heterocycles. The summed E-state index contributed by atoms with van der Waals surface area (Å²) in [7, 11) is 0. The quantitative estimate of drug-likeness (QED) is 0.459. The van der Waals surface area contributed by atoms with Crippen LogP contribution in [0, 0.1) is 18.3 Å². The van der Waals surface area contributed by atoms with Crippen LogP contribution in [-0.2, 0) is 4.79 Å². The van der Waals surface area contributed by atoms with Crippen LogP contribution in [0.15, 0.2) is 69.1 Å². The van der Waals surface area contributed by atoms with Crippen molar-refractivity contribution in [2.45, 2.75) is 75.2 Å². The summed E-state index contributed by atoms with van der Waals surface area (Å²) in [6, 6.07) is 8.08. The molecule has 1 N–H and O–H groups in total. The van der Waals surface area contributed by atoms with E-state index in [4.69, 9.17) is 0 Å². The molecule has 0 spiro atoms. The summed E-state index contributed by atoms with van der Waals surface area (Å²) in [6.45, 7) is 20.3. The first-order valence-electron chi connectivity index (χ1n) is 12.7. The molecule has 5 nitrogen and oxygen atoms in total. The van der Waals surface area contributed by atoms with Gasteiger partial charge in [-0.3, -0.25) is 14.8 Å². The van der Waals surface area contributed by atoms with Gasteiger partial charge in [0.15, 0.2) is 0 Å². The molecule has 1 amide bonds. The minimum atomic E-state index is -0.00163. The molecule has 1 unspecified atom stereocenters. The van der Waals surface area contributed by atoms with E-state index in [-0.39, 0.29) is 17.2 Å². The lowest BCUT2D eigenvalue weighted by Crippen LogP contribution is -2.41. The van der Waals surface area contributed by atoms with Crippen molar-refractivity contribution in [1.29, 1.82) is 0 Å². The van der Waals surface area contributed by atoms with Crippen LogP contribution >= 0.6 is 0 Å². The number of hydrogen-bond donors (Lipinski definition) is 1. The van der Waals surface area contributed by atoms with Gasteiger partial charge in [0, 0.05) is 60.2 Å². The molecule has 2 aliphatic rings. The van der Waals surface area contributed by atoms with Gasteiger partial charge < -0.3 is 10.2 Å². The summed E-state index contributed by atoms with van der Waals surface area (Å²) >= 11 is 0. The number of carbonyl (C=O) groups excluding carboxylic acids is 1. The molecule has 0 saturated carbocycles. The number of amides is 1. The number of benzene rings is 1. The lowest BCUT2D eigenvalue weighted by molar-refractivity contribution is -0.127. The molecule has 1 aromatic rings. The van der Waals surface area contributed by atoms with E-state index >= 15 is 0 Å². The van der Waals surface area contributed by atoms with E-state index in [1.807, 2.05) is 48.6 Å². The number of allylic oxidation sites excluding steroid dienone is 1. The smallest absolute Gasteiger partial charge is 0.252 e. The highest BCUT2D eigenvalue weighted by Gasteiger charge is 2.36. The van der Waals surface area contributed by atoms with Gasteiger partial charge in [0.1, 0.15) is 0 Å². The second kappa shape index (κ2) is 12.7. The largest absolute Gasteiger partial charge is 0.365 e. The predicted molar refractivity (Wildman–Crippen MR) is 150 cm³/mol. The maximum Gasteiger partial charge on any atom is 0.252 e. The molecule has 0 bridgehead atoms. The van der Waals surface area contributed by atoms with Gasteiger partial charge >= 0.3 is 0 Å². The number of aliphatic imine (C=N–C) groups is 2. The Kier molecular flexibility index (Phi) is 10.2. The van der Waals surface area contributed by atoms with Gasteiger partial charge in [-0.25, -0.2) is 0 Å². The van der Waals surface area contributed by atoms with Crippen molar-refractivity contribution in [2.24, 2.45) is 21.3 Å². The van der Waals surface area contributed by atoms with Gasteiger partial charge in [0.2, 0.25) is 0 Å². The predicted octanol–water partition coefficient (Wildman–Crippen LogP) is 7.13. The highest BCUT2D eigenvalue weighted by molar-refractivity contribution is 6.06. The van der Waals surface area contributed by atoms with Crippen molar-refractivity contribution in [3.63, 3.8) is 0 Å². The van der Waals surface area contributed by atoms with Crippen LogP contribution in [0.25, 0.3) is 0 Å². The van der Waals surface area contributed by atoms with E-state index in [2.05, 4.69) is 76.8 Å². The molecule has 0 aliphatic carbocycles. The van der Waals surface area contributed by atoms with Crippen LogP contribution < -0.4 is 5.32 Å². The summed E-state index contributed by atoms with van der Waals surface area (Å²) < 4.78 is 0. The summed E-state index contributed by atoms with van der Waals surface area (Å²) in [5.74, 6) is 0.303. The molecule has 190 valence electrons. The van der Waals surface area contributed by atoms with Crippen molar-refractivity contribution in [1.82, 2.24) is 10.2 Å². The third-order valence-electron chi connectivity index (χ3n) is 6.25. The zero-order chi connectivity index (χ0) is 26.2. The minimum absolute atomic E-state index is 0.00163. The SMILES string of the molecule is CC=Nc1ccccc1C.CCC1C(C(=O)N2CCC(NC=C(C)C)=C(C)C2)=CN=C1C(C)(C)C. The minimum Gasteiger partial charge on any atom is -0.365 e. The normalized spacial score (nSPS) is 18.1. The summed E-state index contributed by atoms with van der Waals surface area (Å²) in [5, 5.41) is 3.39. The van der Waals surface area contributed by atoms with E-state index in [0.29, 0.717) is 6.54 Å². The van der Waals surface area contributed by atoms with E-state index in [1.54, 1.807) is 0 Å². The number of carbonyl (C=O) groups is 1. The fraction of sp³-hybridized carbons (Fsp3) is 0.500. The Morgan fingerprint density at radius 3 is 2.46 bits per heavy atom. The van der Waals surface area contributed by atoms with Crippen LogP contribution in [0.4, 0.5) is 5.69 Å². The molecule has 35 heavy (non-hydrogen) atoms. The van der Waals surface area contributed by atoms with Crippen LogP contribution in [-0.4, -0.2) is 35.8 Å². The number of nitrogens with zero attached hydrogens (tertiary/aromatic N) is 3. The number of aryl methyl sites for hydroxylation is 1. The van der Waals surface area contributed by atoms with E-state index in [1.165, 1.54) is 22.4 Å². The van der Waals surface area contributed by atoms with Crippen LogP contribution in [0.2, 0.25) is 0 Å². The van der Waals surface area contributed by atoms with E-state index < -0.39 is 0 Å². The second-order valence-corrected chi connectivity index (χ2v) is 10.6. The van der Waals surface area contributed by atoms with Gasteiger partial charge in [0.25, 0.3) is 5.91 Å². The zero-order valence-electron chi connectivity index (χ0n) is 23.2. The van der Waals surface area contributed by atoms with E-state index in [9.17, 15) is 4.79 Å². The van der Waals surface area contributed by atoms with E-state index in [0.717, 1.165) is 36.4 Å². The molecule has 0 aromatic heterocycles. The van der Waals surface area contributed by atoms with Gasteiger partial charge in [-0.15, -0.1) is 0 Å². The molecule has 1 atom stereocenters. The van der Waals surface area contributed by atoms with Crippen molar-refractivity contribution in [3.05, 3.63) is 64.6 Å². The standard InChI is InChI=1S/C21H33N3O.C9H11N/c1-8-16-17(12-23-19(16)21(5,6)7)20(25)24-10-9-18(15(4)13-24)22-11-14(2)3;1-3-10-9-7-5-4-6-8(9)2/h11-12,16,22H,8-10,13H2,1-7H3;3-7H,1-2H3. The van der Waals surface area contributed by atoms with Crippen molar-refractivity contribution >= 4 is 23.5 Å². The highest BCUT2D eigenvalue weighted by atomic mass is 16.2. The lowest BCUT2D eigenvalue weighted by Gasteiger charge is -2.32. The number of para-hydroxylation sites is 1. The van der Waals surface area contributed by atoms with Crippen LogP contribution in [0.5, 0.6) is 0 Å². The maximum absolute atomic E-state index is 13.1. The summed E-state index contributed by atoms with van der Waals surface area (Å²) in [4.78, 5) is 23.9. The second-order valence-electron chi connectivity index (χ2n) is 10.6. The average Bonchev–Trinajstić information content (AvgIpc) is 3.24. The van der Waals surface area contributed by atoms with Crippen molar-refractivity contribution in [2.75, 3.05) is 13.1 Å². The molecule has 2 aliphatic heterocycles. The lowest BCUT2D eigenvalue weighted by atomic mass is 9.79. The third-order valence-corrected chi connectivity index (χ3v) is 6.25. The average molecular weight is 477 g/mol. The number of hydrogen-bond acceptors (Lipinski definition) is 4. The fourth-order valence-electron chi connectivity index (χ4n) is 4.35. The summed E-state index contributed by atoms with van der Waals surface area (Å²) in [5.41, 5.74) is 8.00. The molecule has 0 fully saturated rings. The molecule has 3 rings (SSSR count). The molecular formula is C30H44N4O. The molecule has 0 radical (unpaired) electrons. The van der Waals surface area contributed by atoms with Gasteiger partial charge in [-0.1, -0.05) is 51.5 Å². The summed E-state index contributed by atoms with van der Waals surface area (Å²) in [6.07, 6.45) is 7.45. The van der Waals surface area contributed by atoms with Gasteiger partial charge in [-0.05, 0) is 64.4 Å². The molecule has 0 saturated heterocycles. The Morgan fingerprint density at radius 2 is 1.91 bits per heavy atom. The zero-order valence-corrected chi connectivity index (χ0v) is 23.2. The first-order chi connectivity index (χ1) is 16.5. The Bertz CT molecular complexity index is 1050. The maximum atomic E-state index is 13.1. The Balaban J connectivity index is 0.000000360. The first kappa shape index (κ1) is 28.3. The van der Waals surface area contributed by atoms with Crippen LogP contribution in [0.1, 0.15) is 73.8 Å². The van der Waals surface area contributed by atoms with Crippen LogP contribution in [0.3, 0.4) is 0 Å². The topological polar surface area (TPSA) is 57.1 Å². The molecule has 1 aromatic carbocycles. The van der Waals surface area contributed by atoms with Crippen molar-refractivity contribution < 1.29 is 4.79 Å². The Morgan fingerprint density at radius 1 is 1.23 bits per heavy atom.